The molecule has 1 heterocycles. The Labute approximate surface area is 111 Å². The quantitative estimate of drug-likeness (QED) is 0.865. The van der Waals surface area contributed by atoms with Crippen molar-refractivity contribution in [1.29, 1.82) is 0 Å². The number of aromatic nitrogens is 3. The van der Waals surface area contributed by atoms with Gasteiger partial charge in [-0.05, 0) is 24.1 Å². The fraction of sp³-hybridized carbons (Fsp3) is 0.385. The average molecular weight is 264 g/mol. The minimum atomic E-state index is -0.354. The number of nitrogens with two attached hydrogens (primary N) is 1. The Bertz CT molecular complexity index is 541. The molecule has 0 atom stereocenters. The molecule has 0 spiro atoms. The number of nitrogens with zero attached hydrogens (tertiary/aromatic N) is 3. The van der Waals surface area contributed by atoms with Crippen molar-refractivity contribution in [3.63, 3.8) is 0 Å². The molecule has 1 aromatic carbocycles. The van der Waals surface area contributed by atoms with Crippen LogP contribution in [-0.4, -0.2) is 14.8 Å². The zero-order chi connectivity index (χ0) is 13.7. The van der Waals surface area contributed by atoms with Gasteiger partial charge in [0.25, 0.3) is 0 Å². The van der Waals surface area contributed by atoms with E-state index < -0.39 is 0 Å². The van der Waals surface area contributed by atoms with Crippen molar-refractivity contribution in [2.45, 2.75) is 33.0 Å². The van der Waals surface area contributed by atoms with Crippen LogP contribution in [0.3, 0.4) is 0 Å². The van der Waals surface area contributed by atoms with Gasteiger partial charge < -0.3 is 10.5 Å². The maximum absolute atomic E-state index is 13.3. The van der Waals surface area contributed by atoms with Gasteiger partial charge in [0.05, 0.1) is 0 Å². The van der Waals surface area contributed by atoms with Gasteiger partial charge in [-0.1, -0.05) is 6.92 Å². The SMILES string of the molecule is CCCn1ncnc1COc1cc(F)cc(CN)c1. The normalized spacial score (nSPS) is 10.7. The summed E-state index contributed by atoms with van der Waals surface area (Å²) in [6, 6.07) is 4.45. The number of halogens is 1. The van der Waals surface area contributed by atoms with Crippen LogP contribution in [0.5, 0.6) is 5.75 Å². The molecule has 102 valence electrons. The van der Waals surface area contributed by atoms with Gasteiger partial charge in [-0.15, -0.1) is 0 Å². The first-order valence-corrected chi connectivity index (χ1v) is 6.22. The minimum absolute atomic E-state index is 0.257. The van der Waals surface area contributed by atoms with Crippen molar-refractivity contribution in [3.8, 4) is 5.75 Å². The molecule has 0 fully saturated rings. The molecule has 0 radical (unpaired) electrons. The van der Waals surface area contributed by atoms with E-state index in [0.29, 0.717) is 11.3 Å². The Morgan fingerprint density at radius 3 is 2.95 bits per heavy atom. The van der Waals surface area contributed by atoms with E-state index in [-0.39, 0.29) is 19.0 Å². The summed E-state index contributed by atoms with van der Waals surface area (Å²) < 4.78 is 20.6. The van der Waals surface area contributed by atoms with Gasteiger partial charge >= 0.3 is 0 Å². The zero-order valence-electron chi connectivity index (χ0n) is 10.8. The first-order valence-electron chi connectivity index (χ1n) is 6.22. The summed E-state index contributed by atoms with van der Waals surface area (Å²) in [6.45, 7) is 3.38. The molecule has 0 unspecified atom stereocenters. The van der Waals surface area contributed by atoms with E-state index in [9.17, 15) is 4.39 Å². The lowest BCUT2D eigenvalue weighted by atomic mass is 10.2. The van der Waals surface area contributed by atoms with Crippen LogP contribution in [0.2, 0.25) is 0 Å². The third kappa shape index (κ3) is 3.51. The number of ether oxygens (including phenoxy) is 1. The van der Waals surface area contributed by atoms with Gasteiger partial charge in [0.15, 0.2) is 5.82 Å². The molecule has 2 rings (SSSR count). The third-order valence-corrected chi connectivity index (χ3v) is 2.67. The minimum Gasteiger partial charge on any atom is -0.486 e. The number of aryl methyl sites for hydroxylation is 1. The average Bonchev–Trinajstić information content (AvgIpc) is 2.83. The van der Waals surface area contributed by atoms with Crippen LogP contribution in [0.25, 0.3) is 0 Å². The smallest absolute Gasteiger partial charge is 0.164 e. The fourth-order valence-corrected chi connectivity index (χ4v) is 1.77. The molecule has 0 aliphatic rings. The predicted molar refractivity (Wildman–Crippen MR) is 68.9 cm³/mol. The van der Waals surface area contributed by atoms with Crippen LogP contribution in [0.15, 0.2) is 24.5 Å². The Hall–Kier alpha value is -1.95. The molecular formula is C13H17FN4O. The molecule has 0 aliphatic heterocycles. The van der Waals surface area contributed by atoms with E-state index in [1.165, 1.54) is 18.5 Å². The van der Waals surface area contributed by atoms with E-state index in [2.05, 4.69) is 17.0 Å². The summed E-state index contributed by atoms with van der Waals surface area (Å²) in [6.07, 6.45) is 2.46. The van der Waals surface area contributed by atoms with Gasteiger partial charge in [0, 0.05) is 19.2 Å². The molecule has 19 heavy (non-hydrogen) atoms. The van der Waals surface area contributed by atoms with Crippen molar-refractivity contribution in [2.24, 2.45) is 5.73 Å². The van der Waals surface area contributed by atoms with Gasteiger partial charge in [-0.3, -0.25) is 0 Å². The van der Waals surface area contributed by atoms with Gasteiger partial charge in [-0.25, -0.2) is 14.1 Å². The molecule has 2 aromatic rings. The standard InChI is InChI=1S/C13H17FN4O/c1-2-3-18-13(16-9-17-18)8-19-12-5-10(7-15)4-11(14)6-12/h4-6,9H,2-3,7-8,15H2,1H3. The molecular weight excluding hydrogens is 247 g/mol. The summed E-state index contributed by atoms with van der Waals surface area (Å²) in [7, 11) is 0. The van der Waals surface area contributed by atoms with Crippen molar-refractivity contribution in [3.05, 3.63) is 41.7 Å². The predicted octanol–water partition coefficient (Wildman–Crippen LogP) is 1.86. The summed E-state index contributed by atoms with van der Waals surface area (Å²) >= 11 is 0. The first-order chi connectivity index (χ1) is 9.22. The van der Waals surface area contributed by atoms with Crippen LogP contribution < -0.4 is 10.5 Å². The first kappa shape index (κ1) is 13.5. The van der Waals surface area contributed by atoms with Gasteiger partial charge in [0.1, 0.15) is 24.5 Å². The fourth-order valence-electron chi connectivity index (χ4n) is 1.77. The molecule has 0 amide bonds. The lowest BCUT2D eigenvalue weighted by molar-refractivity contribution is 0.284. The largest absolute Gasteiger partial charge is 0.486 e. The number of hydrogen-bond donors (Lipinski definition) is 1. The molecule has 5 nitrogen and oxygen atoms in total. The summed E-state index contributed by atoms with van der Waals surface area (Å²) in [4.78, 5) is 4.12. The maximum atomic E-state index is 13.3. The third-order valence-electron chi connectivity index (χ3n) is 2.67. The lowest BCUT2D eigenvalue weighted by Gasteiger charge is -2.08. The monoisotopic (exact) mass is 264 g/mol. The van der Waals surface area contributed by atoms with Crippen LogP contribution in [0.4, 0.5) is 4.39 Å². The Kier molecular flexibility index (Phi) is 4.46. The van der Waals surface area contributed by atoms with E-state index in [4.69, 9.17) is 10.5 Å². The van der Waals surface area contributed by atoms with E-state index in [1.54, 1.807) is 10.7 Å². The Balaban J connectivity index is 2.05. The van der Waals surface area contributed by atoms with E-state index >= 15 is 0 Å². The highest BCUT2D eigenvalue weighted by Crippen LogP contribution is 2.17. The molecule has 2 N–H and O–H groups in total. The second-order valence-corrected chi connectivity index (χ2v) is 4.19. The highest BCUT2D eigenvalue weighted by molar-refractivity contribution is 5.29. The van der Waals surface area contributed by atoms with E-state index in [1.807, 2.05) is 0 Å². The summed E-state index contributed by atoms with van der Waals surface area (Å²) in [5.41, 5.74) is 6.19. The van der Waals surface area contributed by atoms with Crippen LogP contribution in [0, 0.1) is 5.82 Å². The number of benzene rings is 1. The highest BCUT2D eigenvalue weighted by Gasteiger charge is 2.06. The summed E-state index contributed by atoms with van der Waals surface area (Å²) in [5, 5.41) is 4.10. The van der Waals surface area contributed by atoms with Crippen molar-refractivity contribution >= 4 is 0 Å². The molecule has 1 aromatic heterocycles. The Morgan fingerprint density at radius 1 is 1.37 bits per heavy atom. The number of hydrogen-bond acceptors (Lipinski definition) is 4. The van der Waals surface area contributed by atoms with Crippen LogP contribution in [-0.2, 0) is 19.7 Å². The lowest BCUT2D eigenvalue weighted by Crippen LogP contribution is -2.09. The van der Waals surface area contributed by atoms with Crippen molar-refractivity contribution in [1.82, 2.24) is 14.8 Å². The molecule has 6 heteroatoms. The molecule has 0 saturated carbocycles. The maximum Gasteiger partial charge on any atom is 0.164 e. The van der Waals surface area contributed by atoms with Crippen LogP contribution in [0.1, 0.15) is 24.7 Å². The zero-order valence-corrected chi connectivity index (χ0v) is 10.8. The van der Waals surface area contributed by atoms with Crippen molar-refractivity contribution < 1.29 is 9.13 Å². The molecule has 0 bridgehead atoms. The summed E-state index contributed by atoms with van der Waals surface area (Å²) in [5.74, 6) is 0.819. The Morgan fingerprint density at radius 2 is 2.21 bits per heavy atom. The second-order valence-electron chi connectivity index (χ2n) is 4.19. The van der Waals surface area contributed by atoms with E-state index in [0.717, 1.165) is 18.8 Å². The van der Waals surface area contributed by atoms with Gasteiger partial charge in [-0.2, -0.15) is 5.10 Å². The number of rotatable bonds is 6. The second kappa shape index (κ2) is 6.29. The molecule has 0 saturated heterocycles. The topological polar surface area (TPSA) is 66.0 Å². The highest BCUT2D eigenvalue weighted by atomic mass is 19.1. The van der Waals surface area contributed by atoms with Gasteiger partial charge in [0.2, 0.25) is 0 Å². The van der Waals surface area contributed by atoms with Crippen LogP contribution >= 0.6 is 0 Å². The molecule has 0 aliphatic carbocycles. The van der Waals surface area contributed by atoms with Crippen molar-refractivity contribution in [2.75, 3.05) is 0 Å².